The van der Waals surface area contributed by atoms with Gasteiger partial charge in [-0.25, -0.2) is 5.84 Å². The number of amides is 1. The number of aromatic nitrogens is 1. The third-order valence-electron chi connectivity index (χ3n) is 3.74. The lowest BCUT2D eigenvalue weighted by Crippen LogP contribution is -2.38. The van der Waals surface area contributed by atoms with Crippen molar-refractivity contribution in [3.05, 3.63) is 33.4 Å². The average molecular weight is 298 g/mol. The molecule has 1 atom stereocenters. The van der Waals surface area contributed by atoms with E-state index in [0.717, 1.165) is 35.0 Å². The van der Waals surface area contributed by atoms with E-state index in [1.807, 2.05) is 12.1 Å². The van der Waals surface area contributed by atoms with Crippen LogP contribution < -0.4 is 11.3 Å². The van der Waals surface area contributed by atoms with Crippen LogP contribution in [0.5, 0.6) is 0 Å². The van der Waals surface area contributed by atoms with Crippen molar-refractivity contribution in [2.45, 2.75) is 19.3 Å². The first-order valence-corrected chi connectivity index (χ1v) is 6.84. The van der Waals surface area contributed by atoms with Crippen molar-refractivity contribution in [3.63, 3.8) is 0 Å². The second kappa shape index (κ2) is 4.71. The lowest BCUT2D eigenvalue weighted by Gasteiger charge is -2.20. The molecular weight excluding hydrogens is 285 g/mol. The minimum Gasteiger partial charge on any atom is -0.358 e. The second-order valence-electron chi connectivity index (χ2n) is 4.84. The molecule has 2 aromatic rings. The first-order chi connectivity index (χ1) is 9.10. The van der Waals surface area contributed by atoms with Crippen LogP contribution in [0.25, 0.3) is 10.9 Å². The van der Waals surface area contributed by atoms with Gasteiger partial charge >= 0.3 is 0 Å². The molecule has 0 saturated carbocycles. The van der Waals surface area contributed by atoms with Crippen LogP contribution in [-0.4, -0.2) is 10.9 Å². The van der Waals surface area contributed by atoms with E-state index in [2.05, 4.69) is 10.4 Å². The summed E-state index contributed by atoms with van der Waals surface area (Å²) in [4.78, 5) is 15.0. The number of hydrogen-bond donors (Lipinski definition) is 3. The maximum atomic E-state index is 11.7. The number of fused-ring (bicyclic) bond motifs is 3. The van der Waals surface area contributed by atoms with Gasteiger partial charge in [0.1, 0.15) is 0 Å². The van der Waals surface area contributed by atoms with Crippen molar-refractivity contribution in [3.8, 4) is 0 Å². The van der Waals surface area contributed by atoms with Crippen molar-refractivity contribution in [2.75, 3.05) is 0 Å². The summed E-state index contributed by atoms with van der Waals surface area (Å²) in [7, 11) is 0. The zero-order chi connectivity index (χ0) is 13.6. The Morgan fingerprint density at radius 3 is 2.84 bits per heavy atom. The molecule has 4 nitrogen and oxygen atoms in total. The van der Waals surface area contributed by atoms with Crippen LogP contribution in [0.3, 0.4) is 0 Å². The zero-order valence-corrected chi connectivity index (χ0v) is 11.6. The molecule has 100 valence electrons. The molecule has 1 aliphatic rings. The molecule has 0 aliphatic heterocycles. The topological polar surface area (TPSA) is 70.9 Å². The molecule has 3 rings (SSSR count). The summed E-state index contributed by atoms with van der Waals surface area (Å²) in [6, 6.07) is 3.69. The number of nitrogens with two attached hydrogens (primary N) is 1. The van der Waals surface area contributed by atoms with E-state index in [0.29, 0.717) is 16.5 Å². The third-order valence-corrected chi connectivity index (χ3v) is 4.46. The molecule has 6 heteroatoms. The number of carbonyl (C=O) groups excluding carboxylic acids is 1. The molecule has 1 aliphatic carbocycles. The largest absolute Gasteiger partial charge is 0.358 e. The molecule has 1 heterocycles. The highest BCUT2D eigenvalue weighted by Gasteiger charge is 2.27. The Labute approximate surface area is 120 Å². The third kappa shape index (κ3) is 2.10. The average Bonchev–Trinajstić information content (AvgIpc) is 2.75. The number of carbonyl (C=O) groups is 1. The fraction of sp³-hybridized carbons (Fsp3) is 0.308. The summed E-state index contributed by atoms with van der Waals surface area (Å²) in [5.41, 5.74) is 5.50. The second-order valence-corrected chi connectivity index (χ2v) is 5.66. The maximum absolute atomic E-state index is 11.7. The van der Waals surface area contributed by atoms with Gasteiger partial charge in [0.05, 0.1) is 10.0 Å². The summed E-state index contributed by atoms with van der Waals surface area (Å²) in [5, 5.41) is 2.10. The van der Waals surface area contributed by atoms with Crippen molar-refractivity contribution in [2.24, 2.45) is 11.8 Å². The molecule has 0 saturated heterocycles. The number of benzene rings is 1. The van der Waals surface area contributed by atoms with Crippen molar-refractivity contribution < 1.29 is 4.79 Å². The lowest BCUT2D eigenvalue weighted by molar-refractivity contribution is -0.125. The van der Waals surface area contributed by atoms with Gasteiger partial charge in [0, 0.05) is 22.5 Å². The van der Waals surface area contributed by atoms with Crippen LogP contribution in [-0.2, 0) is 17.6 Å². The maximum Gasteiger partial charge on any atom is 0.237 e. The Hall–Kier alpha value is -1.23. The number of rotatable bonds is 1. The summed E-state index contributed by atoms with van der Waals surface area (Å²) in [5.74, 6) is 5.02. The molecule has 0 spiro atoms. The van der Waals surface area contributed by atoms with E-state index >= 15 is 0 Å². The van der Waals surface area contributed by atoms with E-state index in [9.17, 15) is 4.79 Å². The highest BCUT2D eigenvalue weighted by Crippen LogP contribution is 2.35. The van der Waals surface area contributed by atoms with Gasteiger partial charge in [-0.2, -0.15) is 0 Å². The quantitative estimate of drug-likeness (QED) is 0.430. The number of aromatic amines is 1. The number of nitrogens with one attached hydrogen (secondary N) is 2. The Kier molecular flexibility index (Phi) is 3.17. The van der Waals surface area contributed by atoms with Gasteiger partial charge in [-0.05, 0) is 37.0 Å². The van der Waals surface area contributed by atoms with Gasteiger partial charge < -0.3 is 4.98 Å². The Bertz CT molecular complexity index is 665. The number of halogens is 2. The van der Waals surface area contributed by atoms with Gasteiger partial charge in [0.25, 0.3) is 0 Å². The van der Waals surface area contributed by atoms with Gasteiger partial charge in [0.2, 0.25) is 5.91 Å². The molecule has 0 bridgehead atoms. The highest BCUT2D eigenvalue weighted by molar-refractivity contribution is 6.42. The monoisotopic (exact) mass is 297 g/mol. The molecule has 1 aromatic carbocycles. The predicted molar refractivity (Wildman–Crippen MR) is 76.2 cm³/mol. The smallest absolute Gasteiger partial charge is 0.237 e. The van der Waals surface area contributed by atoms with Crippen LogP contribution in [0.2, 0.25) is 10.0 Å². The van der Waals surface area contributed by atoms with Gasteiger partial charge in [-0.3, -0.25) is 10.2 Å². The number of aryl methyl sites for hydroxylation is 1. The number of hydrazine groups is 1. The van der Waals surface area contributed by atoms with Crippen molar-refractivity contribution in [1.29, 1.82) is 0 Å². The highest BCUT2D eigenvalue weighted by atomic mass is 35.5. The van der Waals surface area contributed by atoms with Crippen LogP contribution in [0.1, 0.15) is 17.7 Å². The summed E-state index contributed by atoms with van der Waals surface area (Å²) >= 11 is 12.1. The normalized spacial score (nSPS) is 18.4. The first kappa shape index (κ1) is 12.8. The molecule has 19 heavy (non-hydrogen) atoms. The standard InChI is InChI=1S/C13H13Cl2N3O/c14-9-4-8-7-3-6(13(19)18-16)1-2-11(7)17-12(8)5-10(9)15/h4-6,17H,1-3,16H2,(H,18,19). The summed E-state index contributed by atoms with van der Waals surface area (Å²) < 4.78 is 0. The van der Waals surface area contributed by atoms with Crippen LogP contribution >= 0.6 is 23.2 Å². The van der Waals surface area contributed by atoms with Gasteiger partial charge in [0.15, 0.2) is 0 Å². The molecular formula is C13H13Cl2N3O. The fourth-order valence-corrected chi connectivity index (χ4v) is 3.08. The van der Waals surface area contributed by atoms with Crippen LogP contribution in [0.15, 0.2) is 12.1 Å². The van der Waals surface area contributed by atoms with E-state index < -0.39 is 0 Å². The predicted octanol–water partition coefficient (Wildman–Crippen LogP) is 2.57. The molecule has 1 unspecified atom stereocenters. The van der Waals surface area contributed by atoms with E-state index in [-0.39, 0.29) is 11.8 Å². The molecule has 1 aromatic heterocycles. The Morgan fingerprint density at radius 2 is 2.11 bits per heavy atom. The molecule has 1 amide bonds. The first-order valence-electron chi connectivity index (χ1n) is 6.09. The van der Waals surface area contributed by atoms with Gasteiger partial charge in [-0.15, -0.1) is 0 Å². The molecule has 4 N–H and O–H groups in total. The number of hydrogen-bond acceptors (Lipinski definition) is 2. The minimum atomic E-state index is -0.111. The van der Waals surface area contributed by atoms with Crippen LogP contribution in [0, 0.1) is 5.92 Å². The fourth-order valence-electron chi connectivity index (χ4n) is 2.76. The van der Waals surface area contributed by atoms with Gasteiger partial charge in [-0.1, -0.05) is 23.2 Å². The number of H-pyrrole nitrogens is 1. The van der Waals surface area contributed by atoms with E-state index in [1.54, 1.807) is 0 Å². The summed E-state index contributed by atoms with van der Waals surface area (Å²) in [6.07, 6.45) is 2.30. The van der Waals surface area contributed by atoms with E-state index in [4.69, 9.17) is 29.0 Å². The summed E-state index contributed by atoms with van der Waals surface area (Å²) in [6.45, 7) is 0. The van der Waals surface area contributed by atoms with Crippen LogP contribution in [0.4, 0.5) is 0 Å². The molecule has 0 fully saturated rings. The molecule has 0 radical (unpaired) electrons. The van der Waals surface area contributed by atoms with Crippen molar-refractivity contribution >= 4 is 40.0 Å². The Balaban J connectivity index is 2.08. The minimum absolute atomic E-state index is 0.0778. The lowest BCUT2D eigenvalue weighted by atomic mass is 9.86. The SMILES string of the molecule is NNC(=O)C1CCc2[nH]c3cc(Cl)c(Cl)cc3c2C1. The van der Waals surface area contributed by atoms with E-state index in [1.165, 1.54) is 0 Å². The Morgan fingerprint density at radius 1 is 1.37 bits per heavy atom. The zero-order valence-electron chi connectivity index (χ0n) is 10.1. The van der Waals surface area contributed by atoms with Crippen molar-refractivity contribution in [1.82, 2.24) is 10.4 Å².